The van der Waals surface area contributed by atoms with Crippen LogP contribution < -0.4 is 19.7 Å². The number of anilines is 2. The Balaban J connectivity index is 1.72. The van der Waals surface area contributed by atoms with Crippen molar-refractivity contribution in [3.8, 4) is 11.4 Å². The molecule has 4 aromatic rings. The average molecular weight is 562 g/mol. The van der Waals surface area contributed by atoms with Crippen LogP contribution in [-0.2, 0) is 10.0 Å². The Morgan fingerprint density at radius 3 is 2.33 bits per heavy atom. The summed E-state index contributed by atoms with van der Waals surface area (Å²) in [6, 6.07) is 21.0. The molecule has 0 radical (unpaired) electrons. The van der Waals surface area contributed by atoms with Crippen LogP contribution in [0.4, 0.5) is 11.4 Å². The van der Waals surface area contributed by atoms with Crippen molar-refractivity contribution < 1.29 is 13.2 Å². The standard InChI is InChI=1S/C29H31N5O3S2/c1-18-19(2)33(21-11-7-6-8-12-21)20(3)26(18)28-27(23-13-9-10-16-30-23)31-29(38)34(28)22-14-15-25(37-4)24(17-22)32-39(5,35)36/h6-17,27-28,32H,1-5H3,(H,31,38)/t27-,28+/m1/s1. The number of hydrogen-bond acceptors (Lipinski definition) is 5. The molecular formula is C29H31N5O3S2. The number of pyridine rings is 1. The Morgan fingerprint density at radius 2 is 1.69 bits per heavy atom. The summed E-state index contributed by atoms with van der Waals surface area (Å²) in [4.78, 5) is 6.72. The summed E-state index contributed by atoms with van der Waals surface area (Å²) in [5.74, 6) is 0.415. The molecule has 1 aliphatic rings. The van der Waals surface area contributed by atoms with Crippen molar-refractivity contribution in [3.63, 3.8) is 0 Å². The first-order valence-electron chi connectivity index (χ1n) is 12.5. The Kier molecular flexibility index (Phi) is 7.09. The van der Waals surface area contributed by atoms with E-state index in [-0.39, 0.29) is 12.1 Å². The van der Waals surface area contributed by atoms with Crippen LogP contribution in [0.25, 0.3) is 5.69 Å². The van der Waals surface area contributed by atoms with Gasteiger partial charge in [-0.1, -0.05) is 24.3 Å². The Morgan fingerprint density at radius 1 is 0.974 bits per heavy atom. The highest BCUT2D eigenvalue weighted by Crippen LogP contribution is 2.46. The van der Waals surface area contributed by atoms with E-state index in [2.05, 4.69) is 52.5 Å². The zero-order valence-corrected chi connectivity index (χ0v) is 24.1. The van der Waals surface area contributed by atoms with Crippen LogP contribution in [0.1, 0.15) is 40.3 Å². The van der Waals surface area contributed by atoms with E-state index in [0.29, 0.717) is 16.5 Å². The molecule has 0 unspecified atom stereocenters. The molecule has 39 heavy (non-hydrogen) atoms. The van der Waals surface area contributed by atoms with Gasteiger partial charge in [-0.25, -0.2) is 8.42 Å². The summed E-state index contributed by atoms with van der Waals surface area (Å²) in [7, 11) is -2.03. The lowest BCUT2D eigenvalue weighted by atomic mass is 9.93. The highest BCUT2D eigenvalue weighted by molar-refractivity contribution is 7.92. The van der Waals surface area contributed by atoms with Crippen LogP contribution in [-0.4, -0.2) is 36.4 Å². The van der Waals surface area contributed by atoms with Gasteiger partial charge in [0, 0.05) is 34.5 Å². The van der Waals surface area contributed by atoms with Crippen molar-refractivity contribution in [1.29, 1.82) is 0 Å². The molecule has 2 aromatic carbocycles. The van der Waals surface area contributed by atoms with E-state index < -0.39 is 10.0 Å². The van der Waals surface area contributed by atoms with Gasteiger partial charge in [0.05, 0.1) is 36.8 Å². The van der Waals surface area contributed by atoms with Crippen molar-refractivity contribution in [2.75, 3.05) is 23.0 Å². The minimum atomic E-state index is -3.54. The third kappa shape index (κ3) is 4.97. The predicted molar refractivity (Wildman–Crippen MR) is 159 cm³/mol. The van der Waals surface area contributed by atoms with Crippen molar-refractivity contribution in [3.05, 3.63) is 101 Å². The SMILES string of the molecule is COc1ccc(N2C(=S)N[C@H](c3ccccn3)[C@@H]2c2c(C)c(C)n(-c3ccccc3)c2C)cc1NS(C)(=O)=O. The zero-order chi connectivity index (χ0) is 27.9. The molecule has 0 saturated carbocycles. The first-order valence-corrected chi connectivity index (χ1v) is 14.8. The van der Waals surface area contributed by atoms with Gasteiger partial charge in [0.1, 0.15) is 5.75 Å². The molecule has 0 aliphatic carbocycles. The van der Waals surface area contributed by atoms with E-state index >= 15 is 0 Å². The first kappa shape index (κ1) is 26.7. The lowest BCUT2D eigenvalue weighted by molar-refractivity contribution is 0.417. The molecule has 10 heteroatoms. The van der Waals surface area contributed by atoms with Gasteiger partial charge < -0.3 is 19.5 Å². The maximum atomic E-state index is 12.1. The monoisotopic (exact) mass is 561 g/mol. The maximum absolute atomic E-state index is 12.1. The normalized spacial score (nSPS) is 17.3. The number of hydrogen-bond donors (Lipinski definition) is 2. The molecule has 5 rings (SSSR count). The Bertz CT molecular complexity index is 1640. The molecule has 0 spiro atoms. The molecular weight excluding hydrogens is 530 g/mol. The van der Waals surface area contributed by atoms with Crippen molar-refractivity contribution in [1.82, 2.24) is 14.9 Å². The second-order valence-corrected chi connectivity index (χ2v) is 11.8. The maximum Gasteiger partial charge on any atom is 0.229 e. The molecule has 1 aliphatic heterocycles. The van der Waals surface area contributed by atoms with Crippen LogP contribution in [0.2, 0.25) is 0 Å². The van der Waals surface area contributed by atoms with Gasteiger partial charge in [-0.15, -0.1) is 0 Å². The first-order chi connectivity index (χ1) is 18.6. The van der Waals surface area contributed by atoms with E-state index in [4.69, 9.17) is 17.0 Å². The van der Waals surface area contributed by atoms with Crippen molar-refractivity contribution >= 4 is 38.7 Å². The van der Waals surface area contributed by atoms with E-state index in [1.165, 1.54) is 7.11 Å². The van der Waals surface area contributed by atoms with Gasteiger partial charge >= 0.3 is 0 Å². The fourth-order valence-electron chi connectivity index (χ4n) is 5.46. The van der Waals surface area contributed by atoms with Gasteiger partial charge in [0.25, 0.3) is 0 Å². The number of aromatic nitrogens is 2. The molecule has 3 heterocycles. The van der Waals surface area contributed by atoms with E-state index in [1.54, 1.807) is 18.3 Å². The van der Waals surface area contributed by atoms with Gasteiger partial charge in [-0.05, 0) is 81.0 Å². The highest BCUT2D eigenvalue weighted by Gasteiger charge is 2.43. The number of para-hydroxylation sites is 1. The fraction of sp³-hybridized carbons (Fsp3) is 0.241. The van der Waals surface area contributed by atoms with Crippen LogP contribution in [0.15, 0.2) is 72.9 Å². The molecule has 2 atom stereocenters. The van der Waals surface area contributed by atoms with Crippen molar-refractivity contribution in [2.45, 2.75) is 32.9 Å². The number of sulfonamides is 1. The predicted octanol–water partition coefficient (Wildman–Crippen LogP) is 5.35. The summed E-state index contributed by atoms with van der Waals surface area (Å²) in [5, 5.41) is 4.03. The smallest absolute Gasteiger partial charge is 0.229 e. The Labute approximate surface area is 234 Å². The zero-order valence-electron chi connectivity index (χ0n) is 22.5. The van der Waals surface area contributed by atoms with E-state index in [1.807, 2.05) is 47.4 Å². The topological polar surface area (TPSA) is 88.5 Å². The van der Waals surface area contributed by atoms with Gasteiger partial charge in [0.15, 0.2) is 5.11 Å². The molecule has 2 N–H and O–H groups in total. The fourth-order valence-corrected chi connectivity index (χ4v) is 6.36. The summed E-state index contributed by atoms with van der Waals surface area (Å²) < 4.78 is 34.5. The number of nitrogens with one attached hydrogen (secondary N) is 2. The van der Waals surface area contributed by atoms with Crippen LogP contribution >= 0.6 is 12.2 Å². The number of methoxy groups -OCH3 is 1. The minimum absolute atomic E-state index is 0.240. The Hall–Kier alpha value is -3.89. The quantitative estimate of drug-likeness (QED) is 0.294. The molecule has 8 nitrogen and oxygen atoms in total. The number of thiocarbonyl (C=S) groups is 1. The third-order valence-corrected chi connectivity index (χ3v) is 8.08. The molecule has 202 valence electrons. The summed E-state index contributed by atoms with van der Waals surface area (Å²) in [6.45, 7) is 6.39. The molecule has 0 amide bonds. The molecule has 0 bridgehead atoms. The van der Waals surface area contributed by atoms with Crippen LogP contribution in [0.3, 0.4) is 0 Å². The number of nitrogens with zero attached hydrogens (tertiary/aromatic N) is 3. The summed E-state index contributed by atoms with van der Waals surface area (Å²) >= 11 is 5.92. The number of ether oxygens (including phenoxy) is 1. The van der Waals surface area contributed by atoms with E-state index in [9.17, 15) is 8.42 Å². The van der Waals surface area contributed by atoms with E-state index in [0.717, 1.165) is 45.8 Å². The largest absolute Gasteiger partial charge is 0.495 e. The summed E-state index contributed by atoms with van der Waals surface area (Å²) in [6.07, 6.45) is 2.89. The highest BCUT2D eigenvalue weighted by atomic mass is 32.2. The lowest BCUT2D eigenvalue weighted by Crippen LogP contribution is -2.30. The third-order valence-electron chi connectivity index (χ3n) is 7.17. The second kappa shape index (κ2) is 10.3. The second-order valence-electron chi connectivity index (χ2n) is 9.64. The van der Waals surface area contributed by atoms with Gasteiger partial charge in [-0.2, -0.15) is 0 Å². The summed E-state index contributed by atoms with van der Waals surface area (Å²) in [5.41, 5.74) is 7.54. The van der Waals surface area contributed by atoms with Crippen molar-refractivity contribution in [2.24, 2.45) is 0 Å². The van der Waals surface area contributed by atoms with Gasteiger partial charge in [0.2, 0.25) is 10.0 Å². The lowest BCUT2D eigenvalue weighted by Gasteiger charge is -2.29. The molecule has 2 aromatic heterocycles. The van der Waals surface area contributed by atoms with Gasteiger partial charge in [-0.3, -0.25) is 9.71 Å². The number of benzene rings is 2. The minimum Gasteiger partial charge on any atom is -0.495 e. The average Bonchev–Trinajstić information content (AvgIpc) is 3.35. The van der Waals surface area contributed by atoms with Crippen LogP contribution in [0.5, 0.6) is 5.75 Å². The molecule has 1 saturated heterocycles. The number of rotatable bonds is 7. The van der Waals surface area contributed by atoms with Crippen LogP contribution in [0, 0.1) is 20.8 Å². The molecule has 1 fully saturated rings.